The Morgan fingerprint density at radius 1 is 1.21 bits per heavy atom. The Morgan fingerprint density at radius 3 is 2.93 bits per heavy atom. The lowest BCUT2D eigenvalue weighted by Crippen LogP contribution is -2.51. The summed E-state index contributed by atoms with van der Waals surface area (Å²) >= 11 is 0. The molecule has 0 aliphatic carbocycles. The molecule has 2 aliphatic heterocycles. The molecule has 144 valence electrons. The number of aromatic nitrogens is 1. The van der Waals surface area contributed by atoms with E-state index in [1.807, 2.05) is 17.0 Å². The predicted octanol–water partition coefficient (Wildman–Crippen LogP) is 3.77. The van der Waals surface area contributed by atoms with Crippen LogP contribution in [0.3, 0.4) is 0 Å². The van der Waals surface area contributed by atoms with E-state index < -0.39 is 0 Å². The molecule has 1 fully saturated rings. The quantitative estimate of drug-likeness (QED) is 0.741. The zero-order valence-corrected chi connectivity index (χ0v) is 16.2. The third-order valence-corrected chi connectivity index (χ3v) is 6.27. The summed E-state index contributed by atoms with van der Waals surface area (Å²) in [5.74, 6) is 1.16. The summed E-state index contributed by atoms with van der Waals surface area (Å²) in [5, 5.41) is 10.1. The van der Waals surface area contributed by atoms with Crippen LogP contribution in [0.25, 0.3) is 22.0 Å². The number of benzene rings is 2. The molecule has 1 aromatic heterocycles. The fourth-order valence-electron chi connectivity index (χ4n) is 4.65. The third kappa shape index (κ3) is 2.81. The Hall–Kier alpha value is -2.66. The maximum absolute atomic E-state index is 13.3. The van der Waals surface area contributed by atoms with E-state index in [4.69, 9.17) is 4.52 Å². The van der Waals surface area contributed by atoms with Crippen molar-refractivity contribution >= 4 is 16.7 Å². The highest BCUT2D eigenvalue weighted by atomic mass is 16.5. The van der Waals surface area contributed by atoms with Gasteiger partial charge >= 0.3 is 0 Å². The van der Waals surface area contributed by atoms with Gasteiger partial charge in [-0.1, -0.05) is 47.6 Å². The first-order valence-corrected chi connectivity index (χ1v) is 10.1. The van der Waals surface area contributed by atoms with Crippen LogP contribution in [0.2, 0.25) is 0 Å². The van der Waals surface area contributed by atoms with Crippen molar-refractivity contribution in [2.45, 2.75) is 32.7 Å². The first-order chi connectivity index (χ1) is 13.7. The Labute approximate surface area is 164 Å². The molecule has 0 spiro atoms. The molecule has 5 rings (SSSR count). The molecular formula is C23H25N3O2. The summed E-state index contributed by atoms with van der Waals surface area (Å²) in [4.78, 5) is 15.3. The summed E-state index contributed by atoms with van der Waals surface area (Å²) in [6, 6.07) is 14.6. The summed E-state index contributed by atoms with van der Waals surface area (Å²) in [6.07, 6.45) is 2.72. The van der Waals surface area contributed by atoms with Gasteiger partial charge in [0, 0.05) is 30.6 Å². The summed E-state index contributed by atoms with van der Waals surface area (Å²) in [5.41, 5.74) is 2.69. The van der Waals surface area contributed by atoms with E-state index in [0.29, 0.717) is 13.1 Å². The fraction of sp³-hybridized carbons (Fsp3) is 0.391. The second-order valence-corrected chi connectivity index (χ2v) is 8.28. The average molecular weight is 375 g/mol. The summed E-state index contributed by atoms with van der Waals surface area (Å²) in [6.45, 7) is 5.13. The number of hydrogen-bond donors (Lipinski definition) is 1. The minimum atomic E-state index is -0.313. The van der Waals surface area contributed by atoms with E-state index in [2.05, 4.69) is 47.7 Å². The summed E-state index contributed by atoms with van der Waals surface area (Å²) in [7, 11) is 0. The van der Waals surface area contributed by atoms with Gasteiger partial charge in [-0.2, -0.15) is 0 Å². The number of hydrogen-bond acceptors (Lipinski definition) is 4. The van der Waals surface area contributed by atoms with Gasteiger partial charge in [-0.15, -0.1) is 0 Å². The average Bonchev–Trinajstić information content (AvgIpc) is 3.16. The van der Waals surface area contributed by atoms with Crippen LogP contribution in [0.1, 0.15) is 31.1 Å². The zero-order chi connectivity index (χ0) is 19.1. The van der Waals surface area contributed by atoms with Crippen molar-refractivity contribution in [2.75, 3.05) is 19.6 Å². The fourth-order valence-corrected chi connectivity index (χ4v) is 4.65. The number of carbonyl (C=O) groups excluding carboxylic acids is 1. The van der Waals surface area contributed by atoms with E-state index in [1.54, 1.807) is 0 Å². The lowest BCUT2D eigenvalue weighted by molar-refractivity contribution is -0.143. The molecule has 5 nitrogen and oxygen atoms in total. The molecule has 3 heterocycles. The highest BCUT2D eigenvalue weighted by Crippen LogP contribution is 2.36. The van der Waals surface area contributed by atoms with Crippen molar-refractivity contribution in [3.8, 4) is 11.3 Å². The van der Waals surface area contributed by atoms with Crippen LogP contribution in [0.5, 0.6) is 0 Å². The van der Waals surface area contributed by atoms with Crippen LogP contribution in [-0.2, 0) is 17.8 Å². The molecule has 1 amide bonds. The number of fused-ring (bicyclic) bond motifs is 2. The Bertz CT molecular complexity index is 1030. The molecule has 3 aromatic rings. The molecule has 2 aromatic carbocycles. The molecule has 0 radical (unpaired) electrons. The molecule has 28 heavy (non-hydrogen) atoms. The molecule has 5 heteroatoms. The highest BCUT2D eigenvalue weighted by molar-refractivity contribution is 5.96. The third-order valence-electron chi connectivity index (χ3n) is 6.27. The second-order valence-electron chi connectivity index (χ2n) is 8.28. The molecule has 1 atom stereocenters. The van der Waals surface area contributed by atoms with E-state index >= 15 is 0 Å². The van der Waals surface area contributed by atoms with Crippen molar-refractivity contribution in [3.05, 3.63) is 53.8 Å². The smallest absolute Gasteiger partial charge is 0.230 e. The van der Waals surface area contributed by atoms with Crippen LogP contribution in [0.15, 0.2) is 47.0 Å². The van der Waals surface area contributed by atoms with Crippen LogP contribution in [-0.4, -0.2) is 35.6 Å². The lowest BCUT2D eigenvalue weighted by Gasteiger charge is -2.38. The Kier molecular flexibility index (Phi) is 4.20. The molecule has 1 N–H and O–H groups in total. The molecule has 0 bridgehead atoms. The molecular weight excluding hydrogens is 350 g/mol. The van der Waals surface area contributed by atoms with Crippen LogP contribution < -0.4 is 5.32 Å². The SMILES string of the molecule is CC1(C(=O)N2CCc3onc(-c4cccc5ccccc45)c3C2)CCCNC1. The maximum atomic E-state index is 13.3. The van der Waals surface area contributed by atoms with Gasteiger partial charge < -0.3 is 14.7 Å². The lowest BCUT2D eigenvalue weighted by atomic mass is 9.81. The molecule has 1 saturated heterocycles. The van der Waals surface area contributed by atoms with Gasteiger partial charge in [0.15, 0.2) is 0 Å². The van der Waals surface area contributed by atoms with Gasteiger partial charge in [0.05, 0.1) is 12.0 Å². The normalized spacial score (nSPS) is 22.2. The van der Waals surface area contributed by atoms with Crippen LogP contribution in [0.4, 0.5) is 0 Å². The number of carbonyl (C=O) groups is 1. The maximum Gasteiger partial charge on any atom is 0.230 e. The largest absolute Gasteiger partial charge is 0.360 e. The predicted molar refractivity (Wildman–Crippen MR) is 109 cm³/mol. The monoisotopic (exact) mass is 375 g/mol. The number of piperidine rings is 1. The number of nitrogens with one attached hydrogen (secondary N) is 1. The first kappa shape index (κ1) is 17.4. The molecule has 1 unspecified atom stereocenters. The summed E-state index contributed by atoms with van der Waals surface area (Å²) < 4.78 is 5.69. The van der Waals surface area contributed by atoms with Crippen LogP contribution in [0, 0.1) is 5.41 Å². The Morgan fingerprint density at radius 2 is 2.07 bits per heavy atom. The van der Waals surface area contributed by atoms with Crippen LogP contribution >= 0.6 is 0 Å². The minimum absolute atomic E-state index is 0.246. The second kappa shape index (κ2) is 6.74. The van der Waals surface area contributed by atoms with E-state index in [0.717, 1.165) is 60.3 Å². The zero-order valence-electron chi connectivity index (χ0n) is 16.2. The van der Waals surface area contributed by atoms with E-state index in [-0.39, 0.29) is 11.3 Å². The highest BCUT2D eigenvalue weighted by Gasteiger charge is 2.39. The van der Waals surface area contributed by atoms with Gasteiger partial charge in [-0.05, 0) is 37.1 Å². The first-order valence-electron chi connectivity index (χ1n) is 10.1. The van der Waals surface area contributed by atoms with Crippen molar-refractivity contribution < 1.29 is 9.32 Å². The van der Waals surface area contributed by atoms with Gasteiger partial charge in [0.1, 0.15) is 11.5 Å². The van der Waals surface area contributed by atoms with Crippen molar-refractivity contribution in [3.63, 3.8) is 0 Å². The molecule has 2 aliphatic rings. The standard InChI is InChI=1S/C23H25N3O2/c1-23(11-5-12-24-15-23)22(27)26-13-10-20-19(14-26)21(25-28-20)18-9-4-7-16-6-2-3-8-17(16)18/h2-4,6-9,24H,5,10-15H2,1H3. The van der Waals surface area contributed by atoms with Gasteiger partial charge in [-0.3, -0.25) is 4.79 Å². The van der Waals surface area contributed by atoms with E-state index in [1.165, 1.54) is 5.39 Å². The number of rotatable bonds is 2. The molecule has 0 saturated carbocycles. The number of amides is 1. The Balaban J connectivity index is 1.50. The van der Waals surface area contributed by atoms with E-state index in [9.17, 15) is 4.79 Å². The van der Waals surface area contributed by atoms with Crippen molar-refractivity contribution in [1.82, 2.24) is 15.4 Å². The van der Waals surface area contributed by atoms with Gasteiger partial charge in [-0.25, -0.2) is 0 Å². The van der Waals surface area contributed by atoms with Gasteiger partial charge in [0.25, 0.3) is 0 Å². The van der Waals surface area contributed by atoms with Crippen molar-refractivity contribution in [1.29, 1.82) is 0 Å². The van der Waals surface area contributed by atoms with Crippen molar-refractivity contribution in [2.24, 2.45) is 5.41 Å². The van der Waals surface area contributed by atoms with Gasteiger partial charge in [0.2, 0.25) is 5.91 Å². The number of nitrogens with zero attached hydrogens (tertiary/aromatic N) is 2. The minimum Gasteiger partial charge on any atom is -0.360 e. The topological polar surface area (TPSA) is 58.4 Å².